The molecule has 0 saturated carbocycles. The highest BCUT2D eigenvalue weighted by molar-refractivity contribution is 6.30. The van der Waals surface area contributed by atoms with E-state index in [-0.39, 0.29) is 0 Å². The molecule has 1 saturated heterocycles. The zero-order valence-electron chi connectivity index (χ0n) is 12.3. The van der Waals surface area contributed by atoms with Crippen LogP contribution in [0.3, 0.4) is 0 Å². The summed E-state index contributed by atoms with van der Waals surface area (Å²) in [6.45, 7) is 2.78. The number of benzene rings is 1. The van der Waals surface area contributed by atoms with Crippen molar-refractivity contribution in [3.63, 3.8) is 0 Å². The van der Waals surface area contributed by atoms with Crippen LogP contribution in [-0.4, -0.2) is 24.7 Å². The van der Waals surface area contributed by atoms with Gasteiger partial charge in [0.25, 0.3) is 5.88 Å². The number of hydrogen-bond acceptors (Lipinski definition) is 4. The Kier molecular flexibility index (Phi) is 5.14. The molecule has 1 aliphatic rings. The van der Waals surface area contributed by atoms with Crippen molar-refractivity contribution in [1.29, 1.82) is 0 Å². The molecule has 1 N–H and O–H groups in total. The molecular weight excluding hydrogens is 300 g/mol. The Hall–Kier alpha value is -1.78. The first-order chi connectivity index (χ1) is 10.8. The molecule has 5 heteroatoms. The summed E-state index contributed by atoms with van der Waals surface area (Å²) in [5.74, 6) is 2.31. The number of halogens is 1. The van der Waals surface area contributed by atoms with Gasteiger partial charge in [-0.2, -0.15) is 0 Å². The lowest BCUT2D eigenvalue weighted by molar-refractivity contribution is 0.212. The molecule has 1 aromatic heterocycles. The Morgan fingerprint density at radius 1 is 1.27 bits per heavy atom. The van der Waals surface area contributed by atoms with Crippen LogP contribution in [0.25, 0.3) is 0 Å². The lowest BCUT2D eigenvalue weighted by Crippen LogP contribution is -2.33. The highest BCUT2D eigenvalue weighted by Crippen LogP contribution is 2.30. The predicted octanol–water partition coefficient (Wildman–Crippen LogP) is 3.91. The van der Waals surface area contributed by atoms with Gasteiger partial charge in [0.1, 0.15) is 5.75 Å². The maximum absolute atomic E-state index is 5.97. The van der Waals surface area contributed by atoms with Gasteiger partial charge in [-0.05, 0) is 49.7 Å². The average molecular weight is 319 g/mol. The van der Waals surface area contributed by atoms with Gasteiger partial charge in [0.05, 0.1) is 6.61 Å². The van der Waals surface area contributed by atoms with Crippen LogP contribution in [0.15, 0.2) is 42.6 Å². The summed E-state index contributed by atoms with van der Waals surface area (Å²) in [6, 6.07) is 11.0. The Labute approximate surface area is 135 Å². The zero-order valence-corrected chi connectivity index (χ0v) is 13.1. The lowest BCUT2D eigenvalue weighted by Gasteiger charge is -2.23. The van der Waals surface area contributed by atoms with Crippen LogP contribution in [0.5, 0.6) is 17.4 Å². The van der Waals surface area contributed by atoms with Crippen molar-refractivity contribution in [3.05, 3.63) is 47.6 Å². The maximum Gasteiger partial charge on any atom is 0.262 e. The van der Waals surface area contributed by atoms with Gasteiger partial charge in [0.2, 0.25) is 0 Å². The molecule has 2 heterocycles. The molecule has 0 amide bonds. The first kappa shape index (κ1) is 15.1. The smallest absolute Gasteiger partial charge is 0.262 e. The van der Waals surface area contributed by atoms with Crippen molar-refractivity contribution in [2.24, 2.45) is 5.92 Å². The van der Waals surface area contributed by atoms with Crippen molar-refractivity contribution in [3.8, 4) is 17.4 Å². The molecule has 1 fully saturated rings. The molecule has 1 atom stereocenters. The number of aromatic nitrogens is 1. The molecule has 0 bridgehead atoms. The minimum atomic E-state index is 0.466. The van der Waals surface area contributed by atoms with Crippen molar-refractivity contribution in [2.75, 3.05) is 19.7 Å². The number of ether oxygens (including phenoxy) is 2. The Balaban J connectivity index is 1.66. The fourth-order valence-electron chi connectivity index (χ4n) is 2.48. The minimum Gasteiger partial charge on any atom is -0.488 e. The van der Waals surface area contributed by atoms with Crippen molar-refractivity contribution in [2.45, 2.75) is 12.8 Å². The third-order valence-corrected chi connectivity index (χ3v) is 3.86. The van der Waals surface area contributed by atoms with Crippen LogP contribution in [0.4, 0.5) is 0 Å². The predicted molar refractivity (Wildman–Crippen MR) is 86.9 cm³/mol. The van der Waals surface area contributed by atoms with Crippen LogP contribution in [0, 0.1) is 5.92 Å². The van der Waals surface area contributed by atoms with E-state index < -0.39 is 0 Å². The molecule has 0 aliphatic carbocycles. The van der Waals surface area contributed by atoms with Gasteiger partial charge >= 0.3 is 0 Å². The lowest BCUT2D eigenvalue weighted by atomic mass is 10.0. The molecule has 2 aromatic rings. The van der Waals surface area contributed by atoms with Gasteiger partial charge in [0.15, 0.2) is 5.75 Å². The van der Waals surface area contributed by atoms with E-state index >= 15 is 0 Å². The number of pyridine rings is 1. The average Bonchev–Trinajstić information content (AvgIpc) is 2.55. The second-order valence-corrected chi connectivity index (χ2v) is 5.83. The van der Waals surface area contributed by atoms with Gasteiger partial charge in [-0.1, -0.05) is 17.7 Å². The highest BCUT2D eigenvalue weighted by atomic mass is 35.5. The van der Waals surface area contributed by atoms with E-state index in [1.54, 1.807) is 18.3 Å². The van der Waals surface area contributed by atoms with Gasteiger partial charge in [-0.3, -0.25) is 0 Å². The topological polar surface area (TPSA) is 43.4 Å². The van der Waals surface area contributed by atoms with Crippen LogP contribution in [0.2, 0.25) is 5.02 Å². The van der Waals surface area contributed by atoms with Crippen molar-refractivity contribution >= 4 is 11.6 Å². The van der Waals surface area contributed by atoms with Gasteiger partial charge in [0, 0.05) is 23.7 Å². The summed E-state index contributed by atoms with van der Waals surface area (Å²) in [4.78, 5) is 4.26. The van der Waals surface area contributed by atoms with E-state index in [1.165, 1.54) is 12.8 Å². The summed E-state index contributed by atoms with van der Waals surface area (Å²) < 4.78 is 11.7. The Morgan fingerprint density at radius 3 is 3.05 bits per heavy atom. The number of rotatable bonds is 5. The fraction of sp³-hybridized carbons (Fsp3) is 0.353. The summed E-state index contributed by atoms with van der Waals surface area (Å²) in [5, 5.41) is 4.02. The second kappa shape index (κ2) is 7.47. The largest absolute Gasteiger partial charge is 0.488 e. The monoisotopic (exact) mass is 318 g/mol. The molecule has 116 valence electrons. The van der Waals surface area contributed by atoms with Crippen LogP contribution >= 0.6 is 11.6 Å². The zero-order chi connectivity index (χ0) is 15.2. The summed E-state index contributed by atoms with van der Waals surface area (Å²) in [7, 11) is 0. The Morgan fingerprint density at radius 2 is 2.23 bits per heavy atom. The molecule has 0 spiro atoms. The first-order valence-corrected chi connectivity index (χ1v) is 7.91. The first-order valence-electron chi connectivity index (χ1n) is 7.53. The molecule has 22 heavy (non-hydrogen) atoms. The normalized spacial score (nSPS) is 18.0. The third-order valence-electron chi connectivity index (χ3n) is 3.62. The number of nitrogens with one attached hydrogen (secondary N) is 1. The molecule has 4 nitrogen and oxygen atoms in total. The van der Waals surface area contributed by atoms with Crippen LogP contribution in [0.1, 0.15) is 12.8 Å². The number of nitrogens with zero attached hydrogens (tertiary/aromatic N) is 1. The molecule has 3 rings (SSSR count). The summed E-state index contributed by atoms with van der Waals surface area (Å²) in [6.07, 6.45) is 4.08. The fourth-order valence-corrected chi connectivity index (χ4v) is 2.66. The maximum atomic E-state index is 5.97. The van der Waals surface area contributed by atoms with Crippen LogP contribution in [-0.2, 0) is 0 Å². The molecule has 0 radical (unpaired) electrons. The van der Waals surface area contributed by atoms with Crippen LogP contribution < -0.4 is 14.8 Å². The minimum absolute atomic E-state index is 0.466. The highest BCUT2D eigenvalue weighted by Gasteiger charge is 2.15. The molecule has 1 aromatic carbocycles. The van der Waals surface area contributed by atoms with E-state index in [0.29, 0.717) is 34.9 Å². The van der Waals surface area contributed by atoms with E-state index in [4.69, 9.17) is 21.1 Å². The summed E-state index contributed by atoms with van der Waals surface area (Å²) >= 11 is 5.97. The molecule has 1 aliphatic heterocycles. The van der Waals surface area contributed by atoms with Gasteiger partial charge in [-0.15, -0.1) is 0 Å². The SMILES string of the molecule is Clc1cccc(Oc2ncccc2OCC2CCCNC2)c1. The van der Waals surface area contributed by atoms with E-state index in [2.05, 4.69) is 10.3 Å². The van der Waals surface area contributed by atoms with Crippen molar-refractivity contribution in [1.82, 2.24) is 10.3 Å². The third kappa shape index (κ3) is 4.12. The number of hydrogen-bond donors (Lipinski definition) is 1. The van der Waals surface area contributed by atoms with E-state index in [9.17, 15) is 0 Å². The van der Waals surface area contributed by atoms with E-state index in [1.807, 2.05) is 24.3 Å². The molecule has 1 unspecified atom stereocenters. The quantitative estimate of drug-likeness (QED) is 0.908. The second-order valence-electron chi connectivity index (χ2n) is 5.39. The van der Waals surface area contributed by atoms with Crippen molar-refractivity contribution < 1.29 is 9.47 Å². The van der Waals surface area contributed by atoms with E-state index in [0.717, 1.165) is 13.1 Å². The van der Waals surface area contributed by atoms with Gasteiger partial charge < -0.3 is 14.8 Å². The summed E-state index contributed by atoms with van der Waals surface area (Å²) in [5.41, 5.74) is 0. The standard InChI is InChI=1S/C17H19ClN2O2/c18-14-5-1-6-15(10-14)22-17-16(7-3-9-20-17)21-12-13-4-2-8-19-11-13/h1,3,5-7,9-10,13,19H,2,4,8,11-12H2. The molecular formula is C17H19ClN2O2. The number of piperidine rings is 1. The van der Waals surface area contributed by atoms with Gasteiger partial charge in [-0.25, -0.2) is 4.98 Å². The Bertz CT molecular complexity index is 615.